The van der Waals surface area contributed by atoms with Crippen LogP contribution in [0.1, 0.15) is 37.5 Å². The second-order valence-electron chi connectivity index (χ2n) is 4.00. The lowest BCUT2D eigenvalue weighted by Crippen LogP contribution is -1.98. The Labute approximate surface area is 103 Å². The van der Waals surface area contributed by atoms with Gasteiger partial charge in [-0.05, 0) is 24.5 Å². The normalized spacial score (nSPS) is 11.2. The molecule has 1 aromatic rings. The van der Waals surface area contributed by atoms with Gasteiger partial charge in [-0.3, -0.25) is 0 Å². The molecule has 1 N–H and O–H groups in total. The van der Waals surface area contributed by atoms with Crippen LogP contribution in [0.4, 0.5) is 0 Å². The van der Waals surface area contributed by atoms with Crippen molar-refractivity contribution < 1.29 is 5.11 Å². The van der Waals surface area contributed by atoms with E-state index in [2.05, 4.69) is 25.0 Å². The van der Waals surface area contributed by atoms with Gasteiger partial charge in [0.05, 0.1) is 0 Å². The van der Waals surface area contributed by atoms with Gasteiger partial charge in [-0.2, -0.15) is 0 Å². The Morgan fingerprint density at radius 3 is 2.59 bits per heavy atom. The van der Waals surface area contributed by atoms with Crippen molar-refractivity contribution >= 4 is 5.57 Å². The van der Waals surface area contributed by atoms with E-state index in [0.717, 1.165) is 28.7 Å². The highest BCUT2D eigenvalue weighted by atomic mass is 16.3. The van der Waals surface area contributed by atoms with Crippen LogP contribution in [0.15, 0.2) is 43.0 Å². The summed E-state index contributed by atoms with van der Waals surface area (Å²) in [7, 11) is 0. The summed E-state index contributed by atoms with van der Waals surface area (Å²) < 4.78 is 0. The molecule has 0 radical (unpaired) electrons. The van der Waals surface area contributed by atoms with Crippen LogP contribution in [0.25, 0.3) is 5.57 Å². The zero-order valence-corrected chi connectivity index (χ0v) is 10.5. The molecule has 0 amide bonds. The van der Waals surface area contributed by atoms with E-state index < -0.39 is 6.10 Å². The summed E-state index contributed by atoms with van der Waals surface area (Å²) in [6.07, 6.45) is 0.0215. The SMILES string of the molecule is C=C(C#CC(O)c1ccccc1C(=C)C)CC. The number of hydrogen-bond donors (Lipinski definition) is 1. The molecular weight excluding hydrogens is 208 g/mol. The van der Waals surface area contributed by atoms with Crippen molar-refractivity contribution in [2.24, 2.45) is 0 Å². The smallest absolute Gasteiger partial charge is 0.141 e. The van der Waals surface area contributed by atoms with E-state index >= 15 is 0 Å². The van der Waals surface area contributed by atoms with Gasteiger partial charge in [0.2, 0.25) is 0 Å². The summed E-state index contributed by atoms with van der Waals surface area (Å²) in [4.78, 5) is 0. The lowest BCUT2D eigenvalue weighted by molar-refractivity contribution is 0.238. The van der Waals surface area contributed by atoms with Crippen molar-refractivity contribution in [1.29, 1.82) is 0 Å². The van der Waals surface area contributed by atoms with E-state index in [1.54, 1.807) is 0 Å². The molecular formula is C16H18O. The largest absolute Gasteiger partial charge is 0.376 e. The van der Waals surface area contributed by atoms with E-state index in [0.29, 0.717) is 0 Å². The monoisotopic (exact) mass is 226 g/mol. The molecule has 1 atom stereocenters. The minimum absolute atomic E-state index is 0.786. The molecule has 0 fully saturated rings. The first-order valence-corrected chi connectivity index (χ1v) is 5.68. The van der Waals surface area contributed by atoms with Gasteiger partial charge in [0.25, 0.3) is 0 Å². The average Bonchev–Trinajstić information content (AvgIpc) is 2.35. The van der Waals surface area contributed by atoms with Crippen LogP contribution < -0.4 is 0 Å². The molecule has 1 nitrogen and oxygen atoms in total. The van der Waals surface area contributed by atoms with Crippen molar-refractivity contribution in [3.63, 3.8) is 0 Å². The first-order valence-electron chi connectivity index (χ1n) is 5.68. The van der Waals surface area contributed by atoms with E-state index in [1.165, 1.54) is 0 Å². The lowest BCUT2D eigenvalue weighted by Gasteiger charge is -2.10. The molecule has 0 saturated heterocycles. The number of aliphatic hydroxyl groups excluding tert-OH is 1. The molecule has 0 spiro atoms. The van der Waals surface area contributed by atoms with Gasteiger partial charge in [0.15, 0.2) is 0 Å². The molecule has 0 saturated carbocycles. The van der Waals surface area contributed by atoms with Gasteiger partial charge in [-0.1, -0.05) is 61.8 Å². The summed E-state index contributed by atoms with van der Waals surface area (Å²) in [6, 6.07) is 7.63. The molecule has 1 heteroatoms. The van der Waals surface area contributed by atoms with E-state index in [9.17, 15) is 5.11 Å². The number of aliphatic hydroxyl groups is 1. The molecule has 0 heterocycles. The fourth-order valence-corrected chi connectivity index (χ4v) is 1.46. The van der Waals surface area contributed by atoms with Crippen molar-refractivity contribution in [2.45, 2.75) is 26.4 Å². The predicted octanol–water partition coefficient (Wildman–Crippen LogP) is 3.72. The van der Waals surface area contributed by atoms with Gasteiger partial charge in [0, 0.05) is 5.56 Å². The van der Waals surface area contributed by atoms with Crippen molar-refractivity contribution in [3.05, 3.63) is 54.1 Å². The highest BCUT2D eigenvalue weighted by Crippen LogP contribution is 2.23. The topological polar surface area (TPSA) is 20.2 Å². The van der Waals surface area contributed by atoms with Crippen LogP contribution in [-0.2, 0) is 0 Å². The van der Waals surface area contributed by atoms with Crippen molar-refractivity contribution in [2.75, 3.05) is 0 Å². The molecule has 0 aliphatic heterocycles. The lowest BCUT2D eigenvalue weighted by atomic mass is 9.98. The second kappa shape index (κ2) is 6.08. The summed E-state index contributed by atoms with van der Waals surface area (Å²) in [5, 5.41) is 10.0. The van der Waals surface area contributed by atoms with Crippen LogP contribution >= 0.6 is 0 Å². The average molecular weight is 226 g/mol. The third-order valence-electron chi connectivity index (χ3n) is 2.53. The van der Waals surface area contributed by atoms with E-state index in [1.807, 2.05) is 38.1 Å². The summed E-state index contributed by atoms with van der Waals surface area (Å²) in [5.74, 6) is 5.68. The van der Waals surface area contributed by atoms with E-state index in [4.69, 9.17) is 0 Å². The van der Waals surface area contributed by atoms with Crippen molar-refractivity contribution in [3.8, 4) is 11.8 Å². The summed E-state index contributed by atoms with van der Waals surface area (Å²) in [6.45, 7) is 11.6. The maximum Gasteiger partial charge on any atom is 0.141 e. The minimum Gasteiger partial charge on any atom is -0.376 e. The third-order valence-corrected chi connectivity index (χ3v) is 2.53. The first kappa shape index (κ1) is 13.3. The van der Waals surface area contributed by atoms with Crippen LogP contribution in [0, 0.1) is 11.8 Å². The summed E-state index contributed by atoms with van der Waals surface area (Å²) in [5.41, 5.74) is 3.51. The fraction of sp³-hybridized carbons (Fsp3) is 0.250. The van der Waals surface area contributed by atoms with Crippen LogP contribution in [0.2, 0.25) is 0 Å². The molecule has 1 unspecified atom stereocenters. The Kier molecular flexibility index (Phi) is 4.75. The minimum atomic E-state index is -0.786. The predicted molar refractivity (Wildman–Crippen MR) is 73.3 cm³/mol. The Bertz CT molecular complexity index is 486. The summed E-state index contributed by atoms with van der Waals surface area (Å²) >= 11 is 0. The first-order chi connectivity index (χ1) is 8.06. The quantitative estimate of drug-likeness (QED) is 0.779. The molecule has 1 rings (SSSR count). The Morgan fingerprint density at radius 2 is 2.00 bits per heavy atom. The number of allylic oxidation sites excluding steroid dienone is 2. The molecule has 0 aliphatic carbocycles. The van der Waals surface area contributed by atoms with E-state index in [-0.39, 0.29) is 0 Å². The molecule has 0 aromatic heterocycles. The van der Waals surface area contributed by atoms with Gasteiger partial charge >= 0.3 is 0 Å². The standard InChI is InChI=1S/C16H18O/c1-5-13(4)10-11-16(17)15-9-7-6-8-14(15)12(2)3/h6-9,16-17H,2,4-5H2,1,3H3. The second-order valence-corrected chi connectivity index (χ2v) is 4.00. The molecule has 0 bridgehead atoms. The maximum absolute atomic E-state index is 10.0. The van der Waals surface area contributed by atoms with Crippen LogP contribution in [-0.4, -0.2) is 5.11 Å². The Balaban J connectivity index is 3.03. The van der Waals surface area contributed by atoms with Crippen LogP contribution in [0.5, 0.6) is 0 Å². The zero-order chi connectivity index (χ0) is 12.8. The molecule has 0 aliphatic rings. The maximum atomic E-state index is 10.0. The van der Waals surface area contributed by atoms with Gasteiger partial charge in [0.1, 0.15) is 6.10 Å². The molecule has 1 aromatic carbocycles. The zero-order valence-electron chi connectivity index (χ0n) is 10.5. The van der Waals surface area contributed by atoms with Gasteiger partial charge < -0.3 is 5.11 Å². The highest BCUT2D eigenvalue weighted by Gasteiger charge is 2.09. The number of rotatable bonds is 3. The van der Waals surface area contributed by atoms with Gasteiger partial charge in [-0.15, -0.1) is 0 Å². The third kappa shape index (κ3) is 3.62. The van der Waals surface area contributed by atoms with Crippen LogP contribution in [0.3, 0.4) is 0 Å². The Hall–Kier alpha value is -1.78. The molecule has 88 valence electrons. The fourth-order valence-electron chi connectivity index (χ4n) is 1.46. The molecule has 17 heavy (non-hydrogen) atoms. The Morgan fingerprint density at radius 1 is 1.35 bits per heavy atom. The number of benzene rings is 1. The highest BCUT2D eigenvalue weighted by molar-refractivity contribution is 5.65. The van der Waals surface area contributed by atoms with Gasteiger partial charge in [-0.25, -0.2) is 0 Å². The van der Waals surface area contributed by atoms with Crippen molar-refractivity contribution in [1.82, 2.24) is 0 Å². The number of hydrogen-bond acceptors (Lipinski definition) is 1.